The zero-order valence-electron chi connectivity index (χ0n) is 12.8. The summed E-state index contributed by atoms with van der Waals surface area (Å²) in [6.45, 7) is 4.39. The molecule has 2 N–H and O–H groups in total. The molecular weight excluding hydrogens is 276 g/mol. The summed E-state index contributed by atoms with van der Waals surface area (Å²) in [6, 6.07) is 17.2. The molecule has 0 aliphatic rings. The molecular formula is C18H20N2O2. The van der Waals surface area contributed by atoms with E-state index in [2.05, 4.69) is 10.6 Å². The van der Waals surface area contributed by atoms with Gasteiger partial charge in [0.15, 0.2) is 0 Å². The van der Waals surface area contributed by atoms with Crippen LogP contribution >= 0.6 is 0 Å². The van der Waals surface area contributed by atoms with E-state index in [0.29, 0.717) is 12.2 Å². The molecule has 1 unspecified atom stereocenters. The van der Waals surface area contributed by atoms with Crippen LogP contribution in [0.1, 0.15) is 24.0 Å². The SMILES string of the molecule is Cc1ccc(NC(=O)C(=O)NCC(C)c2ccccc2)cc1. The highest BCUT2D eigenvalue weighted by Gasteiger charge is 2.15. The van der Waals surface area contributed by atoms with Crippen molar-refractivity contribution in [2.75, 3.05) is 11.9 Å². The van der Waals surface area contributed by atoms with Crippen molar-refractivity contribution in [2.24, 2.45) is 0 Å². The van der Waals surface area contributed by atoms with E-state index < -0.39 is 11.8 Å². The highest BCUT2D eigenvalue weighted by atomic mass is 16.2. The van der Waals surface area contributed by atoms with Crippen molar-refractivity contribution in [2.45, 2.75) is 19.8 Å². The van der Waals surface area contributed by atoms with Gasteiger partial charge in [-0.3, -0.25) is 9.59 Å². The van der Waals surface area contributed by atoms with Crippen LogP contribution in [0.2, 0.25) is 0 Å². The Morgan fingerprint density at radius 1 is 0.955 bits per heavy atom. The molecule has 4 nitrogen and oxygen atoms in total. The topological polar surface area (TPSA) is 58.2 Å². The van der Waals surface area contributed by atoms with Crippen LogP contribution in [0.5, 0.6) is 0 Å². The van der Waals surface area contributed by atoms with E-state index in [-0.39, 0.29) is 5.92 Å². The first-order valence-electron chi connectivity index (χ1n) is 7.27. The molecule has 0 spiro atoms. The van der Waals surface area contributed by atoms with Gasteiger partial charge in [0.2, 0.25) is 0 Å². The van der Waals surface area contributed by atoms with E-state index >= 15 is 0 Å². The zero-order chi connectivity index (χ0) is 15.9. The molecule has 2 aromatic carbocycles. The van der Waals surface area contributed by atoms with E-state index in [1.807, 2.05) is 56.3 Å². The molecule has 1 atom stereocenters. The molecule has 0 bridgehead atoms. The predicted octanol–water partition coefficient (Wildman–Crippen LogP) is 2.85. The summed E-state index contributed by atoms with van der Waals surface area (Å²) in [6.07, 6.45) is 0. The Kier molecular flexibility index (Phi) is 5.31. The van der Waals surface area contributed by atoms with Gasteiger partial charge < -0.3 is 10.6 Å². The minimum Gasteiger partial charge on any atom is -0.347 e. The standard InChI is InChI=1S/C18H20N2O2/c1-13-8-10-16(11-9-13)20-18(22)17(21)19-12-14(2)15-6-4-3-5-7-15/h3-11,14H,12H2,1-2H3,(H,19,21)(H,20,22). The maximum Gasteiger partial charge on any atom is 0.313 e. The number of nitrogens with one attached hydrogen (secondary N) is 2. The molecule has 0 heterocycles. The normalized spacial score (nSPS) is 11.5. The first-order valence-corrected chi connectivity index (χ1v) is 7.27. The van der Waals surface area contributed by atoms with Gasteiger partial charge in [0, 0.05) is 12.2 Å². The van der Waals surface area contributed by atoms with Gasteiger partial charge in [-0.15, -0.1) is 0 Å². The van der Waals surface area contributed by atoms with Gasteiger partial charge >= 0.3 is 11.8 Å². The number of rotatable bonds is 4. The smallest absolute Gasteiger partial charge is 0.313 e. The quantitative estimate of drug-likeness (QED) is 0.852. The second kappa shape index (κ2) is 7.41. The number of aryl methyl sites for hydroxylation is 1. The van der Waals surface area contributed by atoms with Crippen LogP contribution in [-0.4, -0.2) is 18.4 Å². The molecule has 0 fully saturated rings. The van der Waals surface area contributed by atoms with Crippen LogP contribution in [0, 0.1) is 6.92 Å². The summed E-state index contributed by atoms with van der Waals surface area (Å²) < 4.78 is 0. The molecule has 22 heavy (non-hydrogen) atoms. The zero-order valence-corrected chi connectivity index (χ0v) is 12.8. The van der Waals surface area contributed by atoms with E-state index in [4.69, 9.17) is 0 Å². The van der Waals surface area contributed by atoms with Gasteiger partial charge in [0.1, 0.15) is 0 Å². The Labute approximate surface area is 130 Å². The van der Waals surface area contributed by atoms with Crippen LogP contribution in [0.15, 0.2) is 54.6 Å². The molecule has 0 aromatic heterocycles. The highest BCUT2D eigenvalue weighted by Crippen LogP contribution is 2.13. The molecule has 0 radical (unpaired) electrons. The molecule has 0 aliphatic heterocycles. The maximum absolute atomic E-state index is 11.8. The number of carbonyl (C=O) groups is 2. The third-order valence-corrected chi connectivity index (χ3v) is 3.45. The summed E-state index contributed by atoms with van der Waals surface area (Å²) in [7, 11) is 0. The lowest BCUT2D eigenvalue weighted by atomic mass is 10.0. The Morgan fingerprint density at radius 3 is 2.23 bits per heavy atom. The molecule has 114 valence electrons. The number of amides is 2. The van der Waals surface area contributed by atoms with Crippen molar-refractivity contribution in [3.05, 3.63) is 65.7 Å². The summed E-state index contributed by atoms with van der Waals surface area (Å²) in [5.74, 6) is -1.12. The van der Waals surface area contributed by atoms with Crippen molar-refractivity contribution < 1.29 is 9.59 Å². The van der Waals surface area contributed by atoms with Gasteiger partial charge in [-0.1, -0.05) is 55.0 Å². The number of anilines is 1. The molecule has 0 saturated carbocycles. The Balaban J connectivity index is 1.84. The van der Waals surface area contributed by atoms with Gasteiger partial charge in [-0.2, -0.15) is 0 Å². The van der Waals surface area contributed by atoms with Crippen LogP contribution in [0.3, 0.4) is 0 Å². The number of hydrogen-bond donors (Lipinski definition) is 2. The molecule has 2 aromatic rings. The Bertz CT molecular complexity index is 636. The third kappa shape index (κ3) is 4.45. The average molecular weight is 296 g/mol. The lowest BCUT2D eigenvalue weighted by Gasteiger charge is -2.13. The predicted molar refractivity (Wildman–Crippen MR) is 87.7 cm³/mol. The Morgan fingerprint density at radius 2 is 1.59 bits per heavy atom. The van der Waals surface area contributed by atoms with Crippen LogP contribution in [0.4, 0.5) is 5.69 Å². The minimum absolute atomic E-state index is 0.150. The van der Waals surface area contributed by atoms with Gasteiger partial charge in [0.25, 0.3) is 0 Å². The number of benzene rings is 2. The first kappa shape index (κ1) is 15.8. The van der Waals surface area contributed by atoms with Crippen molar-refractivity contribution in [1.82, 2.24) is 5.32 Å². The molecule has 0 saturated heterocycles. The second-order valence-electron chi connectivity index (χ2n) is 5.34. The van der Waals surface area contributed by atoms with Gasteiger partial charge in [0.05, 0.1) is 0 Å². The number of carbonyl (C=O) groups excluding carboxylic acids is 2. The lowest BCUT2D eigenvalue weighted by molar-refractivity contribution is -0.136. The molecule has 2 amide bonds. The fourth-order valence-corrected chi connectivity index (χ4v) is 2.05. The van der Waals surface area contributed by atoms with Crippen molar-refractivity contribution in [1.29, 1.82) is 0 Å². The maximum atomic E-state index is 11.8. The largest absolute Gasteiger partial charge is 0.347 e. The van der Waals surface area contributed by atoms with Crippen LogP contribution in [-0.2, 0) is 9.59 Å². The number of hydrogen-bond acceptors (Lipinski definition) is 2. The van der Waals surface area contributed by atoms with E-state index in [9.17, 15) is 9.59 Å². The summed E-state index contributed by atoms with van der Waals surface area (Å²) in [5.41, 5.74) is 2.84. The summed E-state index contributed by atoms with van der Waals surface area (Å²) >= 11 is 0. The Hall–Kier alpha value is -2.62. The monoisotopic (exact) mass is 296 g/mol. The van der Waals surface area contributed by atoms with E-state index in [1.165, 1.54) is 0 Å². The highest BCUT2D eigenvalue weighted by molar-refractivity contribution is 6.39. The minimum atomic E-state index is -0.649. The van der Waals surface area contributed by atoms with E-state index in [1.54, 1.807) is 12.1 Å². The molecule has 2 rings (SSSR count). The van der Waals surface area contributed by atoms with Crippen molar-refractivity contribution in [3.63, 3.8) is 0 Å². The average Bonchev–Trinajstić information content (AvgIpc) is 2.55. The van der Waals surface area contributed by atoms with Crippen molar-refractivity contribution in [3.8, 4) is 0 Å². The van der Waals surface area contributed by atoms with Gasteiger partial charge in [-0.25, -0.2) is 0 Å². The van der Waals surface area contributed by atoms with Crippen LogP contribution < -0.4 is 10.6 Å². The van der Waals surface area contributed by atoms with Crippen molar-refractivity contribution >= 4 is 17.5 Å². The molecule has 0 aliphatic carbocycles. The summed E-state index contributed by atoms with van der Waals surface area (Å²) in [4.78, 5) is 23.7. The fourth-order valence-electron chi connectivity index (χ4n) is 2.05. The second-order valence-corrected chi connectivity index (χ2v) is 5.34. The van der Waals surface area contributed by atoms with Gasteiger partial charge in [-0.05, 0) is 30.5 Å². The lowest BCUT2D eigenvalue weighted by Crippen LogP contribution is -2.37. The first-order chi connectivity index (χ1) is 10.6. The third-order valence-electron chi connectivity index (χ3n) is 3.45. The van der Waals surface area contributed by atoms with E-state index in [0.717, 1.165) is 11.1 Å². The van der Waals surface area contributed by atoms with Crippen LogP contribution in [0.25, 0.3) is 0 Å². The fraction of sp³-hybridized carbons (Fsp3) is 0.222. The molecule has 4 heteroatoms. The summed E-state index contributed by atoms with van der Waals surface area (Å²) in [5, 5.41) is 5.24.